The zero-order valence-corrected chi connectivity index (χ0v) is 40.0. The fourth-order valence-electron chi connectivity index (χ4n) is 13.3. The van der Waals surface area contributed by atoms with Gasteiger partial charge in [0.2, 0.25) is 0 Å². The van der Waals surface area contributed by atoms with E-state index in [1.165, 1.54) is 110 Å². The molecule has 12 aromatic carbocycles. The summed E-state index contributed by atoms with van der Waals surface area (Å²) in [7, 11) is 0. The quantitative estimate of drug-likeness (QED) is 0.155. The molecule has 0 amide bonds. The third-order valence-electron chi connectivity index (χ3n) is 16.3. The summed E-state index contributed by atoms with van der Waals surface area (Å²) in [5.41, 5.74) is 19.8. The minimum atomic E-state index is -0.536. The predicted octanol–water partition coefficient (Wildman–Crippen LogP) is 18.9. The van der Waals surface area contributed by atoms with Crippen molar-refractivity contribution in [2.45, 2.75) is 24.7 Å². The van der Waals surface area contributed by atoms with Crippen LogP contribution in [0.2, 0.25) is 0 Å². The third-order valence-corrected chi connectivity index (χ3v) is 16.3. The van der Waals surface area contributed by atoms with Gasteiger partial charge in [-0.1, -0.05) is 214 Å². The van der Waals surface area contributed by atoms with Gasteiger partial charge in [-0.25, -0.2) is 0 Å². The second kappa shape index (κ2) is 15.3. The average Bonchev–Trinajstić information content (AvgIpc) is 4.06. The number of benzene rings is 12. The topological polar surface area (TPSA) is 16.4 Å². The van der Waals surface area contributed by atoms with Crippen LogP contribution in [0.5, 0.6) is 0 Å². The van der Waals surface area contributed by atoms with Crippen molar-refractivity contribution in [3.8, 4) is 33.4 Å². The Kier molecular flexibility index (Phi) is 8.66. The van der Waals surface area contributed by atoms with E-state index in [-0.39, 0.29) is 5.41 Å². The molecule has 15 rings (SSSR count). The Hall–Kier alpha value is -8.98. The van der Waals surface area contributed by atoms with Gasteiger partial charge in [0.15, 0.2) is 0 Å². The summed E-state index contributed by atoms with van der Waals surface area (Å²) >= 11 is 0. The maximum absolute atomic E-state index is 6.44. The van der Waals surface area contributed by atoms with Crippen LogP contribution in [-0.2, 0) is 10.8 Å². The van der Waals surface area contributed by atoms with Crippen LogP contribution in [-0.4, -0.2) is 0 Å². The molecule has 2 nitrogen and oxygen atoms in total. The van der Waals surface area contributed by atoms with Gasteiger partial charge in [-0.15, -0.1) is 0 Å². The first-order valence-electron chi connectivity index (χ1n) is 25.2. The lowest BCUT2D eigenvalue weighted by Crippen LogP contribution is -2.28. The lowest BCUT2D eigenvalue weighted by atomic mass is 9.67. The summed E-state index contributed by atoms with van der Waals surface area (Å²) in [5, 5.41) is 9.76. The highest BCUT2D eigenvalue weighted by molar-refractivity contribution is 6.36. The minimum absolute atomic E-state index is 0.243. The molecule has 0 bridgehead atoms. The summed E-state index contributed by atoms with van der Waals surface area (Å²) in [6.07, 6.45) is 0. The van der Waals surface area contributed by atoms with Gasteiger partial charge in [0, 0.05) is 32.9 Å². The van der Waals surface area contributed by atoms with Gasteiger partial charge >= 0.3 is 0 Å². The molecule has 0 atom stereocenters. The second-order valence-electron chi connectivity index (χ2n) is 20.2. The summed E-state index contributed by atoms with van der Waals surface area (Å²) < 4.78 is 6.44. The van der Waals surface area contributed by atoms with Crippen molar-refractivity contribution in [1.82, 2.24) is 0 Å². The van der Waals surface area contributed by atoms with Crippen molar-refractivity contribution in [2.24, 2.45) is 0 Å². The van der Waals surface area contributed by atoms with Crippen molar-refractivity contribution in [3.63, 3.8) is 0 Å². The molecule has 1 heterocycles. The molecular formula is C70H47NO. The summed E-state index contributed by atoms with van der Waals surface area (Å²) in [4.78, 5) is 2.53. The number of hydrogen-bond acceptors (Lipinski definition) is 2. The van der Waals surface area contributed by atoms with Crippen LogP contribution in [0, 0.1) is 0 Å². The normalized spacial score (nSPS) is 13.9. The van der Waals surface area contributed by atoms with E-state index in [1.807, 2.05) is 0 Å². The number of rotatable bonds is 6. The van der Waals surface area contributed by atoms with Gasteiger partial charge in [-0.05, 0) is 142 Å². The first-order valence-corrected chi connectivity index (χ1v) is 25.2. The Bertz CT molecular complexity index is 4280. The van der Waals surface area contributed by atoms with Gasteiger partial charge < -0.3 is 9.32 Å². The van der Waals surface area contributed by atoms with Gasteiger partial charge in [-0.3, -0.25) is 0 Å². The van der Waals surface area contributed by atoms with Crippen molar-refractivity contribution >= 4 is 71.3 Å². The first-order chi connectivity index (χ1) is 35.5. The number of fused-ring (bicyclic) bond motifs is 16. The van der Waals surface area contributed by atoms with Gasteiger partial charge in [0.25, 0.3) is 0 Å². The fourth-order valence-corrected chi connectivity index (χ4v) is 13.3. The highest BCUT2D eigenvalue weighted by Crippen LogP contribution is 2.59. The molecule has 338 valence electrons. The SMILES string of the molecule is CC1(C)c2ccccc2-c2cccc(N(c3ccc(-c4cccc5c6ccc7oc8ccccc8c7c6c6ccccc6c45)cc3)c3ccc4c(c3)C(c3ccccc3)(c3ccccc3)c3ccccc3-4)c21. The van der Waals surface area contributed by atoms with Crippen LogP contribution in [0.3, 0.4) is 0 Å². The molecule has 72 heavy (non-hydrogen) atoms. The van der Waals surface area contributed by atoms with E-state index in [2.05, 4.69) is 267 Å². The van der Waals surface area contributed by atoms with E-state index < -0.39 is 5.41 Å². The van der Waals surface area contributed by atoms with Crippen molar-refractivity contribution in [3.05, 3.63) is 282 Å². The number of nitrogens with zero attached hydrogens (tertiary/aromatic N) is 1. The van der Waals surface area contributed by atoms with Crippen LogP contribution in [0.15, 0.2) is 253 Å². The maximum atomic E-state index is 6.44. The number of para-hydroxylation sites is 1. The zero-order valence-electron chi connectivity index (χ0n) is 40.0. The molecule has 0 unspecified atom stereocenters. The van der Waals surface area contributed by atoms with Gasteiger partial charge in [0.05, 0.1) is 11.1 Å². The standard InChI is InChI=1S/C70H47NO/c1-69(2)59-31-14-11-24-51(59)57-30-18-33-62(68(57)69)71(48-39-40-52-50-23-12-15-32-60(50)70(61(52)43-48,45-19-5-3-6-20-45)46-21-7-4-8-22-46)47-37-35-44(36-38-47)49-28-17-29-54-56-41-42-64-67(58-27-13-16-34-63(58)72-64)66(56)55-26-10-9-25-53(55)65(49)54/h3-43H,1-2H3. The summed E-state index contributed by atoms with van der Waals surface area (Å²) in [6.45, 7) is 4.79. The molecule has 0 N–H and O–H groups in total. The van der Waals surface area contributed by atoms with Crippen molar-refractivity contribution < 1.29 is 4.42 Å². The molecule has 0 saturated carbocycles. The highest BCUT2D eigenvalue weighted by Gasteiger charge is 2.47. The second-order valence-corrected chi connectivity index (χ2v) is 20.2. The molecule has 0 radical (unpaired) electrons. The zero-order chi connectivity index (χ0) is 47.7. The molecule has 2 heteroatoms. The van der Waals surface area contributed by atoms with Crippen LogP contribution in [0.25, 0.3) is 87.6 Å². The van der Waals surface area contributed by atoms with E-state index >= 15 is 0 Å². The fraction of sp³-hybridized carbons (Fsp3) is 0.0571. The van der Waals surface area contributed by atoms with E-state index in [0.717, 1.165) is 27.9 Å². The summed E-state index contributed by atoms with van der Waals surface area (Å²) in [5.74, 6) is 0. The van der Waals surface area contributed by atoms with Gasteiger partial charge in [0.1, 0.15) is 11.2 Å². The lowest BCUT2D eigenvalue weighted by molar-refractivity contribution is 0.661. The predicted molar refractivity (Wildman–Crippen MR) is 301 cm³/mol. The molecule has 0 fully saturated rings. The van der Waals surface area contributed by atoms with Crippen LogP contribution in [0.1, 0.15) is 47.2 Å². The average molecular weight is 918 g/mol. The largest absolute Gasteiger partial charge is 0.456 e. The van der Waals surface area contributed by atoms with E-state index in [9.17, 15) is 0 Å². The van der Waals surface area contributed by atoms with Crippen molar-refractivity contribution in [1.29, 1.82) is 0 Å². The Morgan fingerprint density at radius 3 is 1.60 bits per heavy atom. The van der Waals surface area contributed by atoms with Crippen LogP contribution >= 0.6 is 0 Å². The number of hydrogen-bond donors (Lipinski definition) is 0. The molecule has 2 aliphatic rings. The molecule has 2 aliphatic carbocycles. The Morgan fingerprint density at radius 2 is 0.861 bits per heavy atom. The minimum Gasteiger partial charge on any atom is -0.456 e. The monoisotopic (exact) mass is 917 g/mol. The van der Waals surface area contributed by atoms with E-state index in [4.69, 9.17) is 4.42 Å². The van der Waals surface area contributed by atoms with E-state index in [0.29, 0.717) is 0 Å². The Morgan fingerprint density at radius 1 is 0.333 bits per heavy atom. The molecule has 1 aromatic heterocycles. The Balaban J connectivity index is 0.961. The first kappa shape index (κ1) is 40.9. The molecule has 0 aliphatic heterocycles. The summed E-state index contributed by atoms with van der Waals surface area (Å²) in [6, 6.07) is 92.4. The molecule has 13 aromatic rings. The molecule has 0 spiro atoms. The number of anilines is 3. The lowest BCUT2D eigenvalue weighted by Gasteiger charge is -2.35. The third kappa shape index (κ3) is 5.55. The van der Waals surface area contributed by atoms with Gasteiger partial charge in [-0.2, -0.15) is 0 Å². The smallest absolute Gasteiger partial charge is 0.136 e. The van der Waals surface area contributed by atoms with E-state index in [1.54, 1.807) is 0 Å². The number of furan rings is 1. The Labute approximate surface area is 418 Å². The maximum Gasteiger partial charge on any atom is 0.136 e. The molecular weight excluding hydrogens is 871 g/mol. The molecule has 0 saturated heterocycles. The van der Waals surface area contributed by atoms with Crippen LogP contribution in [0.4, 0.5) is 17.1 Å². The van der Waals surface area contributed by atoms with Crippen molar-refractivity contribution in [2.75, 3.05) is 4.90 Å². The van der Waals surface area contributed by atoms with Crippen LogP contribution < -0.4 is 4.90 Å². The highest BCUT2D eigenvalue weighted by atomic mass is 16.3.